The van der Waals surface area contributed by atoms with Gasteiger partial charge in [0.1, 0.15) is 4.90 Å². The van der Waals surface area contributed by atoms with Gasteiger partial charge in [0.2, 0.25) is 0 Å². The zero-order chi connectivity index (χ0) is 14.2. The summed E-state index contributed by atoms with van der Waals surface area (Å²) in [7, 11) is -1.71. The Hall–Kier alpha value is -1.44. The van der Waals surface area contributed by atoms with Crippen molar-refractivity contribution in [1.82, 2.24) is 10.2 Å². The van der Waals surface area contributed by atoms with Crippen LogP contribution in [0.3, 0.4) is 0 Å². The largest absolute Gasteiger partial charge is 0.374 e. The van der Waals surface area contributed by atoms with E-state index in [0.29, 0.717) is 24.6 Å². The number of rotatable bonds is 2. The Kier molecular flexibility index (Phi) is 3.49. The second-order valence-electron chi connectivity index (χ2n) is 4.96. The van der Waals surface area contributed by atoms with E-state index in [1.807, 2.05) is 18.0 Å². The Morgan fingerprint density at radius 3 is 3.00 bits per heavy atom. The van der Waals surface area contributed by atoms with Gasteiger partial charge in [0.05, 0.1) is 12.7 Å². The maximum absolute atomic E-state index is 12.0. The molecule has 0 saturated carbocycles. The van der Waals surface area contributed by atoms with Crippen molar-refractivity contribution >= 4 is 15.9 Å². The fourth-order valence-corrected chi connectivity index (χ4v) is 3.74. The number of nitrogens with one attached hydrogen (secondary N) is 1. The van der Waals surface area contributed by atoms with E-state index in [-0.39, 0.29) is 11.0 Å². The van der Waals surface area contributed by atoms with Crippen LogP contribution < -0.4 is 5.32 Å². The van der Waals surface area contributed by atoms with Crippen molar-refractivity contribution in [3.63, 3.8) is 0 Å². The van der Waals surface area contributed by atoms with Crippen LogP contribution in [0.2, 0.25) is 0 Å². The summed E-state index contributed by atoms with van der Waals surface area (Å²) >= 11 is 0. The lowest BCUT2D eigenvalue weighted by Crippen LogP contribution is -2.45. The standard InChI is InChI=1S/C13H17N3O3S/c1-16(9-10-8-14-6-7-19-10)13-11-4-2-3-5-12(11)20(17,18)15-13/h2-5,10,14H,6-9H2,1H3. The van der Waals surface area contributed by atoms with E-state index in [2.05, 4.69) is 9.71 Å². The molecule has 1 fully saturated rings. The molecule has 0 bridgehead atoms. The maximum atomic E-state index is 12.0. The maximum Gasteiger partial charge on any atom is 0.285 e. The summed E-state index contributed by atoms with van der Waals surface area (Å²) in [6, 6.07) is 6.91. The summed E-state index contributed by atoms with van der Waals surface area (Å²) in [6.45, 7) is 2.92. The molecule has 7 heteroatoms. The lowest BCUT2D eigenvalue weighted by molar-refractivity contribution is 0.0192. The van der Waals surface area contributed by atoms with Crippen LogP contribution in [0.5, 0.6) is 0 Å². The Balaban J connectivity index is 1.83. The molecule has 0 spiro atoms. The van der Waals surface area contributed by atoms with Crippen LogP contribution in [0.4, 0.5) is 0 Å². The van der Waals surface area contributed by atoms with Gasteiger partial charge in [0.15, 0.2) is 5.84 Å². The van der Waals surface area contributed by atoms with Crippen molar-refractivity contribution < 1.29 is 13.2 Å². The van der Waals surface area contributed by atoms with E-state index in [1.165, 1.54) is 0 Å². The quantitative estimate of drug-likeness (QED) is 0.835. The first-order valence-corrected chi connectivity index (χ1v) is 8.00. The van der Waals surface area contributed by atoms with Crippen LogP contribution in [-0.4, -0.2) is 58.5 Å². The Morgan fingerprint density at radius 2 is 2.25 bits per heavy atom. The zero-order valence-corrected chi connectivity index (χ0v) is 12.1. The van der Waals surface area contributed by atoms with Gasteiger partial charge in [-0.1, -0.05) is 12.1 Å². The molecule has 1 aromatic carbocycles. The summed E-state index contributed by atoms with van der Waals surface area (Å²) in [6.07, 6.45) is 0.0481. The van der Waals surface area contributed by atoms with Gasteiger partial charge in [-0.05, 0) is 12.1 Å². The number of likely N-dealkylation sites (N-methyl/N-ethyl adjacent to an activating group) is 1. The Labute approximate surface area is 118 Å². The molecule has 0 aliphatic carbocycles. The van der Waals surface area contributed by atoms with Crippen LogP contribution >= 0.6 is 0 Å². The molecule has 0 amide bonds. The highest BCUT2D eigenvalue weighted by atomic mass is 32.2. The van der Waals surface area contributed by atoms with Crippen LogP contribution in [-0.2, 0) is 14.8 Å². The van der Waals surface area contributed by atoms with Crippen molar-refractivity contribution in [2.75, 3.05) is 33.3 Å². The molecule has 1 atom stereocenters. The number of nitrogens with zero attached hydrogens (tertiary/aromatic N) is 2. The van der Waals surface area contributed by atoms with Gasteiger partial charge in [0, 0.05) is 32.2 Å². The van der Waals surface area contributed by atoms with Crippen LogP contribution in [0.15, 0.2) is 33.6 Å². The molecule has 108 valence electrons. The summed E-state index contributed by atoms with van der Waals surface area (Å²) < 4.78 is 33.5. The molecule has 1 saturated heterocycles. The van der Waals surface area contributed by atoms with Gasteiger partial charge in [0.25, 0.3) is 10.0 Å². The molecule has 1 unspecified atom stereocenters. The molecular weight excluding hydrogens is 278 g/mol. The highest BCUT2D eigenvalue weighted by Crippen LogP contribution is 2.27. The number of morpholine rings is 1. The predicted octanol–water partition coefficient (Wildman–Crippen LogP) is 0.0557. The van der Waals surface area contributed by atoms with E-state index in [4.69, 9.17) is 4.74 Å². The molecule has 2 heterocycles. The van der Waals surface area contributed by atoms with E-state index in [9.17, 15) is 8.42 Å². The van der Waals surface area contributed by atoms with Crippen molar-refractivity contribution in [2.24, 2.45) is 4.40 Å². The number of amidine groups is 1. The van der Waals surface area contributed by atoms with Crippen molar-refractivity contribution in [2.45, 2.75) is 11.0 Å². The number of ether oxygens (including phenoxy) is 1. The molecule has 0 aromatic heterocycles. The minimum absolute atomic E-state index is 0.0481. The number of hydrogen-bond donors (Lipinski definition) is 1. The fourth-order valence-electron chi connectivity index (χ4n) is 2.49. The number of sulfonamides is 1. The third-order valence-corrected chi connectivity index (χ3v) is 4.78. The minimum Gasteiger partial charge on any atom is -0.374 e. The topological polar surface area (TPSA) is 71.0 Å². The molecule has 0 radical (unpaired) electrons. The van der Waals surface area contributed by atoms with Gasteiger partial charge in [-0.3, -0.25) is 0 Å². The Morgan fingerprint density at radius 1 is 1.45 bits per heavy atom. The second-order valence-corrected chi connectivity index (χ2v) is 6.54. The molecule has 6 nitrogen and oxygen atoms in total. The number of hydrogen-bond acceptors (Lipinski definition) is 5. The number of benzene rings is 1. The normalized spacial score (nSPS) is 24.1. The van der Waals surface area contributed by atoms with Crippen molar-refractivity contribution in [3.05, 3.63) is 29.8 Å². The van der Waals surface area contributed by atoms with Gasteiger partial charge >= 0.3 is 0 Å². The lowest BCUT2D eigenvalue weighted by Gasteiger charge is -2.28. The minimum atomic E-state index is -3.55. The SMILES string of the molecule is CN(CC1CNCCO1)C1=NS(=O)(=O)c2ccccc21. The predicted molar refractivity (Wildman–Crippen MR) is 75.4 cm³/mol. The highest BCUT2D eigenvalue weighted by Gasteiger charge is 2.31. The average Bonchev–Trinajstić information content (AvgIpc) is 2.73. The van der Waals surface area contributed by atoms with Gasteiger partial charge < -0.3 is 15.0 Å². The van der Waals surface area contributed by atoms with E-state index < -0.39 is 10.0 Å². The molecule has 1 N–H and O–H groups in total. The van der Waals surface area contributed by atoms with Gasteiger partial charge in [-0.15, -0.1) is 4.40 Å². The molecule has 20 heavy (non-hydrogen) atoms. The lowest BCUT2D eigenvalue weighted by atomic mass is 10.2. The molecule has 1 aromatic rings. The zero-order valence-electron chi connectivity index (χ0n) is 11.2. The van der Waals surface area contributed by atoms with Gasteiger partial charge in [-0.2, -0.15) is 8.42 Å². The van der Waals surface area contributed by atoms with E-state index >= 15 is 0 Å². The summed E-state index contributed by atoms with van der Waals surface area (Å²) in [5, 5.41) is 3.26. The summed E-state index contributed by atoms with van der Waals surface area (Å²) in [5.74, 6) is 0.495. The Bertz CT molecular complexity index is 636. The van der Waals surface area contributed by atoms with Crippen LogP contribution in [0, 0.1) is 0 Å². The van der Waals surface area contributed by atoms with Crippen LogP contribution in [0.1, 0.15) is 5.56 Å². The third-order valence-electron chi connectivity index (χ3n) is 3.46. The molecule has 2 aliphatic heterocycles. The highest BCUT2D eigenvalue weighted by molar-refractivity contribution is 7.90. The van der Waals surface area contributed by atoms with E-state index in [1.54, 1.807) is 18.2 Å². The van der Waals surface area contributed by atoms with Crippen LogP contribution in [0.25, 0.3) is 0 Å². The number of fused-ring (bicyclic) bond motifs is 1. The summed E-state index contributed by atoms with van der Waals surface area (Å²) in [4.78, 5) is 2.13. The smallest absolute Gasteiger partial charge is 0.285 e. The second kappa shape index (κ2) is 5.16. The first-order valence-electron chi connectivity index (χ1n) is 6.56. The fraction of sp³-hybridized carbons (Fsp3) is 0.462. The third kappa shape index (κ3) is 2.44. The van der Waals surface area contributed by atoms with E-state index in [0.717, 1.165) is 13.1 Å². The molecule has 2 aliphatic rings. The molecule has 3 rings (SSSR count). The van der Waals surface area contributed by atoms with Crippen molar-refractivity contribution in [1.29, 1.82) is 0 Å². The van der Waals surface area contributed by atoms with Crippen molar-refractivity contribution in [3.8, 4) is 0 Å². The average molecular weight is 295 g/mol. The van der Waals surface area contributed by atoms with Gasteiger partial charge in [-0.25, -0.2) is 0 Å². The first-order chi connectivity index (χ1) is 9.58. The summed E-state index contributed by atoms with van der Waals surface area (Å²) in [5.41, 5.74) is 0.666. The molecular formula is C13H17N3O3S. The monoisotopic (exact) mass is 295 g/mol. The first kappa shape index (κ1) is 13.5.